The first-order valence-electron chi connectivity index (χ1n) is 7.27. The van der Waals surface area contributed by atoms with Crippen LogP contribution in [0.2, 0.25) is 0 Å². The number of hydrogen-bond donors (Lipinski definition) is 2. The summed E-state index contributed by atoms with van der Waals surface area (Å²) < 4.78 is 11.1. The van der Waals surface area contributed by atoms with Crippen molar-refractivity contribution >= 4 is 5.91 Å². The van der Waals surface area contributed by atoms with E-state index in [2.05, 4.69) is 5.32 Å². The van der Waals surface area contributed by atoms with Crippen LogP contribution in [-0.4, -0.2) is 42.9 Å². The van der Waals surface area contributed by atoms with Gasteiger partial charge in [-0.2, -0.15) is 0 Å². The molecule has 0 saturated heterocycles. The summed E-state index contributed by atoms with van der Waals surface area (Å²) in [6.45, 7) is 12.4. The molecular weight excluding hydrogens is 256 g/mol. The number of amides is 1. The maximum Gasteiger partial charge on any atom is 0.237 e. The van der Waals surface area contributed by atoms with Crippen molar-refractivity contribution in [1.29, 1.82) is 0 Å². The van der Waals surface area contributed by atoms with Crippen LogP contribution in [0.25, 0.3) is 0 Å². The summed E-state index contributed by atoms with van der Waals surface area (Å²) in [6.07, 6.45) is 1.30. The molecule has 3 N–H and O–H groups in total. The lowest BCUT2D eigenvalue weighted by molar-refractivity contribution is -0.126. The van der Waals surface area contributed by atoms with Crippen molar-refractivity contribution in [2.24, 2.45) is 5.73 Å². The molecule has 0 aliphatic carbocycles. The van der Waals surface area contributed by atoms with E-state index < -0.39 is 5.54 Å². The minimum absolute atomic E-state index is 0.0496. The lowest BCUT2D eigenvalue weighted by Gasteiger charge is -2.32. The topological polar surface area (TPSA) is 73.6 Å². The number of methoxy groups -OCH3 is 1. The van der Waals surface area contributed by atoms with Crippen LogP contribution < -0.4 is 11.1 Å². The molecule has 5 nitrogen and oxygen atoms in total. The average molecular weight is 288 g/mol. The highest BCUT2D eigenvalue weighted by molar-refractivity contribution is 5.84. The highest BCUT2D eigenvalue weighted by Crippen LogP contribution is 2.18. The summed E-state index contributed by atoms with van der Waals surface area (Å²) in [5.74, 6) is -0.348. The number of primary amides is 1. The smallest absolute Gasteiger partial charge is 0.237 e. The molecule has 0 rings (SSSR count). The van der Waals surface area contributed by atoms with Gasteiger partial charge in [0, 0.05) is 26.2 Å². The van der Waals surface area contributed by atoms with E-state index in [1.165, 1.54) is 0 Å². The van der Waals surface area contributed by atoms with Crippen molar-refractivity contribution in [3.05, 3.63) is 0 Å². The first-order chi connectivity index (χ1) is 9.02. The quantitative estimate of drug-likeness (QED) is 0.643. The van der Waals surface area contributed by atoms with E-state index in [0.29, 0.717) is 13.0 Å². The largest absolute Gasteiger partial charge is 0.379 e. The molecule has 0 fully saturated rings. The zero-order chi connectivity index (χ0) is 16.0. The fourth-order valence-corrected chi connectivity index (χ4v) is 2.11. The third-order valence-corrected chi connectivity index (χ3v) is 3.51. The van der Waals surface area contributed by atoms with Gasteiger partial charge >= 0.3 is 0 Å². The molecule has 0 radical (unpaired) electrons. The molecule has 0 bridgehead atoms. The number of carbonyl (C=O) groups is 1. The van der Waals surface area contributed by atoms with E-state index in [1.807, 2.05) is 41.5 Å². The zero-order valence-corrected chi connectivity index (χ0v) is 14.1. The van der Waals surface area contributed by atoms with Crippen LogP contribution in [0.5, 0.6) is 0 Å². The van der Waals surface area contributed by atoms with Crippen LogP contribution >= 0.6 is 0 Å². The molecular formula is C15H32N2O3. The Bertz CT molecular complexity index is 305. The van der Waals surface area contributed by atoms with Crippen LogP contribution in [0.4, 0.5) is 0 Å². The Balaban J connectivity index is 4.34. The Labute approximate surface area is 123 Å². The standard InChI is InChI=1S/C15H32N2O3/c1-11(2)17-15(6,13(16)18)10-12(3)20-9-8-14(4,5)19-7/h11-12,17H,8-10H2,1-7H3,(H2,16,18). The third-order valence-electron chi connectivity index (χ3n) is 3.51. The Hall–Kier alpha value is -0.650. The van der Waals surface area contributed by atoms with E-state index in [-0.39, 0.29) is 23.7 Å². The molecule has 0 aromatic carbocycles. The Morgan fingerprint density at radius 2 is 1.80 bits per heavy atom. The van der Waals surface area contributed by atoms with E-state index in [1.54, 1.807) is 7.11 Å². The van der Waals surface area contributed by atoms with Gasteiger partial charge in [0.15, 0.2) is 0 Å². The van der Waals surface area contributed by atoms with Crippen LogP contribution in [-0.2, 0) is 14.3 Å². The predicted molar refractivity (Wildman–Crippen MR) is 81.6 cm³/mol. The molecule has 0 saturated carbocycles. The van der Waals surface area contributed by atoms with Crippen molar-refractivity contribution in [1.82, 2.24) is 5.32 Å². The number of rotatable bonds is 10. The van der Waals surface area contributed by atoms with Crippen LogP contribution in [0.3, 0.4) is 0 Å². The molecule has 0 aliphatic heterocycles. The lowest BCUT2D eigenvalue weighted by Crippen LogP contribution is -2.57. The summed E-state index contributed by atoms with van der Waals surface area (Å²) in [7, 11) is 1.69. The fraction of sp³-hybridized carbons (Fsp3) is 0.933. The highest BCUT2D eigenvalue weighted by Gasteiger charge is 2.33. The minimum Gasteiger partial charge on any atom is -0.379 e. The second-order valence-electron chi connectivity index (χ2n) is 6.59. The molecule has 5 heteroatoms. The molecule has 2 atom stereocenters. The van der Waals surface area contributed by atoms with E-state index >= 15 is 0 Å². The molecule has 0 spiro atoms. The summed E-state index contributed by atoms with van der Waals surface area (Å²) in [4.78, 5) is 11.7. The van der Waals surface area contributed by atoms with Crippen molar-refractivity contribution in [2.75, 3.05) is 13.7 Å². The van der Waals surface area contributed by atoms with Gasteiger partial charge in [-0.25, -0.2) is 0 Å². The van der Waals surface area contributed by atoms with Crippen molar-refractivity contribution in [3.63, 3.8) is 0 Å². The molecule has 0 heterocycles. The molecule has 0 aromatic rings. The molecule has 0 aromatic heterocycles. The Morgan fingerprint density at radius 3 is 2.20 bits per heavy atom. The fourth-order valence-electron chi connectivity index (χ4n) is 2.11. The van der Waals surface area contributed by atoms with Gasteiger partial charge in [-0.3, -0.25) is 4.79 Å². The lowest BCUT2D eigenvalue weighted by atomic mass is 9.93. The van der Waals surface area contributed by atoms with Crippen molar-refractivity contribution < 1.29 is 14.3 Å². The van der Waals surface area contributed by atoms with Gasteiger partial charge in [-0.15, -0.1) is 0 Å². The van der Waals surface area contributed by atoms with E-state index in [9.17, 15) is 4.79 Å². The molecule has 120 valence electrons. The maximum atomic E-state index is 11.7. The van der Waals surface area contributed by atoms with Gasteiger partial charge in [0.2, 0.25) is 5.91 Å². The molecule has 1 amide bonds. The van der Waals surface area contributed by atoms with Crippen LogP contribution in [0.1, 0.15) is 54.4 Å². The second-order valence-corrected chi connectivity index (χ2v) is 6.59. The number of carbonyl (C=O) groups excluding carboxylic acids is 1. The third kappa shape index (κ3) is 7.22. The monoisotopic (exact) mass is 288 g/mol. The van der Waals surface area contributed by atoms with Gasteiger partial charge in [0.1, 0.15) is 0 Å². The molecule has 20 heavy (non-hydrogen) atoms. The summed E-state index contributed by atoms with van der Waals surface area (Å²) in [5, 5.41) is 3.23. The van der Waals surface area contributed by atoms with Crippen LogP contribution in [0, 0.1) is 0 Å². The highest BCUT2D eigenvalue weighted by atomic mass is 16.5. The number of nitrogens with one attached hydrogen (secondary N) is 1. The van der Waals surface area contributed by atoms with Crippen LogP contribution in [0.15, 0.2) is 0 Å². The van der Waals surface area contributed by atoms with Gasteiger partial charge in [0.05, 0.1) is 17.2 Å². The summed E-state index contributed by atoms with van der Waals surface area (Å²) in [6, 6.07) is 0.187. The van der Waals surface area contributed by atoms with Gasteiger partial charge < -0.3 is 20.5 Å². The second kappa shape index (κ2) is 7.96. The zero-order valence-electron chi connectivity index (χ0n) is 14.1. The minimum atomic E-state index is -0.746. The van der Waals surface area contributed by atoms with Crippen molar-refractivity contribution in [2.45, 2.75) is 77.7 Å². The Morgan fingerprint density at radius 1 is 1.25 bits per heavy atom. The summed E-state index contributed by atoms with van der Waals surface area (Å²) >= 11 is 0. The number of nitrogens with two attached hydrogens (primary N) is 1. The van der Waals surface area contributed by atoms with Gasteiger partial charge in [-0.05, 0) is 48.0 Å². The number of ether oxygens (including phenoxy) is 2. The molecule has 2 unspecified atom stereocenters. The van der Waals surface area contributed by atoms with E-state index in [0.717, 1.165) is 6.42 Å². The first kappa shape index (κ1) is 19.4. The Kier molecular flexibility index (Phi) is 7.70. The predicted octanol–water partition coefficient (Wildman–Crippen LogP) is 1.84. The number of hydrogen-bond acceptors (Lipinski definition) is 4. The van der Waals surface area contributed by atoms with E-state index in [4.69, 9.17) is 15.2 Å². The van der Waals surface area contributed by atoms with Crippen molar-refractivity contribution in [3.8, 4) is 0 Å². The summed E-state index contributed by atoms with van der Waals surface area (Å²) in [5.41, 5.74) is 4.57. The van der Waals surface area contributed by atoms with Gasteiger partial charge in [-0.1, -0.05) is 0 Å². The normalized spacial score (nSPS) is 17.0. The maximum absolute atomic E-state index is 11.7. The first-order valence-corrected chi connectivity index (χ1v) is 7.27. The average Bonchev–Trinajstić information content (AvgIpc) is 2.27. The molecule has 0 aliphatic rings. The van der Waals surface area contributed by atoms with Gasteiger partial charge in [0.25, 0.3) is 0 Å². The SMILES string of the molecule is COC(C)(C)CCOC(C)CC(C)(NC(C)C)C(N)=O.